The first-order chi connectivity index (χ1) is 8.34. The number of nitrogens with one attached hydrogen (secondary N) is 1. The summed E-state index contributed by atoms with van der Waals surface area (Å²) in [5.74, 6) is 1.44. The molecule has 3 rings (SSSR count). The maximum atomic E-state index is 5.35. The second-order valence-electron chi connectivity index (χ2n) is 4.34. The van der Waals surface area contributed by atoms with Gasteiger partial charge in [0.2, 0.25) is 0 Å². The average molecular weight is 233 g/mol. The van der Waals surface area contributed by atoms with Gasteiger partial charge in [-0.15, -0.1) is 0 Å². The zero-order chi connectivity index (χ0) is 11.7. The number of aromatic nitrogens is 4. The lowest BCUT2D eigenvalue weighted by molar-refractivity contribution is 0.187. The smallest absolute Gasteiger partial charge is 0.163 e. The lowest BCUT2D eigenvalue weighted by atomic mass is 10.1. The number of anilines is 1. The Morgan fingerprint density at radius 2 is 2.47 bits per heavy atom. The van der Waals surface area contributed by atoms with Crippen molar-refractivity contribution in [1.29, 1.82) is 0 Å². The molecule has 0 radical (unpaired) electrons. The van der Waals surface area contributed by atoms with Crippen LogP contribution >= 0.6 is 0 Å². The normalized spacial score (nSPS) is 19.9. The minimum atomic E-state index is 0.580. The summed E-state index contributed by atoms with van der Waals surface area (Å²) < 4.78 is 7.10. The highest BCUT2D eigenvalue weighted by Gasteiger charge is 2.16. The predicted molar refractivity (Wildman–Crippen MR) is 63.7 cm³/mol. The fraction of sp³-hybridized carbons (Fsp3) is 0.545. The monoisotopic (exact) mass is 233 g/mol. The molecule has 1 atom stereocenters. The Bertz CT molecular complexity index is 518. The van der Waals surface area contributed by atoms with Crippen LogP contribution in [-0.4, -0.2) is 39.5 Å². The van der Waals surface area contributed by atoms with Gasteiger partial charge in [0.15, 0.2) is 5.65 Å². The van der Waals surface area contributed by atoms with E-state index < -0.39 is 0 Å². The highest BCUT2D eigenvalue weighted by atomic mass is 16.5. The zero-order valence-corrected chi connectivity index (χ0v) is 9.76. The first-order valence-electron chi connectivity index (χ1n) is 5.79. The van der Waals surface area contributed by atoms with E-state index in [4.69, 9.17) is 4.74 Å². The number of aryl methyl sites for hydroxylation is 1. The summed E-state index contributed by atoms with van der Waals surface area (Å²) >= 11 is 0. The Morgan fingerprint density at radius 1 is 1.53 bits per heavy atom. The molecule has 0 amide bonds. The molecule has 3 heterocycles. The molecule has 1 N–H and O–H groups in total. The molecular weight excluding hydrogens is 218 g/mol. The van der Waals surface area contributed by atoms with Gasteiger partial charge in [0, 0.05) is 26.1 Å². The maximum absolute atomic E-state index is 5.35. The van der Waals surface area contributed by atoms with Crippen molar-refractivity contribution in [2.24, 2.45) is 13.0 Å². The van der Waals surface area contributed by atoms with E-state index in [2.05, 4.69) is 20.4 Å². The van der Waals surface area contributed by atoms with Gasteiger partial charge in [-0.2, -0.15) is 5.10 Å². The van der Waals surface area contributed by atoms with Crippen molar-refractivity contribution in [3.05, 3.63) is 12.5 Å². The third-order valence-electron chi connectivity index (χ3n) is 3.11. The van der Waals surface area contributed by atoms with E-state index in [1.165, 1.54) is 0 Å². The molecule has 1 fully saturated rings. The summed E-state index contributed by atoms with van der Waals surface area (Å²) in [7, 11) is 1.88. The van der Waals surface area contributed by atoms with Gasteiger partial charge >= 0.3 is 0 Å². The topological polar surface area (TPSA) is 64.9 Å². The molecule has 2 aromatic heterocycles. The molecule has 1 saturated heterocycles. The van der Waals surface area contributed by atoms with Crippen LogP contribution in [0.25, 0.3) is 11.0 Å². The van der Waals surface area contributed by atoms with Crippen LogP contribution in [0.15, 0.2) is 12.5 Å². The molecule has 2 aromatic rings. The van der Waals surface area contributed by atoms with Crippen LogP contribution in [-0.2, 0) is 11.8 Å². The van der Waals surface area contributed by atoms with E-state index in [0.29, 0.717) is 5.92 Å². The second kappa shape index (κ2) is 4.29. The fourth-order valence-electron chi connectivity index (χ4n) is 2.09. The molecule has 0 spiro atoms. The summed E-state index contributed by atoms with van der Waals surface area (Å²) in [6.07, 6.45) is 4.48. The van der Waals surface area contributed by atoms with Crippen LogP contribution in [0, 0.1) is 5.92 Å². The molecule has 6 nitrogen and oxygen atoms in total. The van der Waals surface area contributed by atoms with Crippen LogP contribution in [0.1, 0.15) is 6.42 Å². The van der Waals surface area contributed by atoms with Gasteiger partial charge in [0.05, 0.1) is 18.2 Å². The van der Waals surface area contributed by atoms with Gasteiger partial charge in [0.1, 0.15) is 12.1 Å². The maximum Gasteiger partial charge on any atom is 0.163 e. The molecule has 0 aromatic carbocycles. The summed E-state index contributed by atoms with van der Waals surface area (Å²) in [4.78, 5) is 8.47. The molecule has 17 heavy (non-hydrogen) atoms. The van der Waals surface area contributed by atoms with Gasteiger partial charge in [-0.3, -0.25) is 4.68 Å². The predicted octanol–water partition coefficient (Wildman–Crippen LogP) is 0.812. The minimum Gasteiger partial charge on any atom is -0.381 e. The molecular formula is C11H15N5O. The lowest BCUT2D eigenvalue weighted by Gasteiger charge is -2.10. The molecule has 0 bridgehead atoms. The molecule has 0 aliphatic carbocycles. The molecule has 1 aliphatic rings. The summed E-state index contributed by atoms with van der Waals surface area (Å²) in [5.41, 5.74) is 0.852. The SMILES string of the molecule is Cn1ncc2c(NC[C@@H]3CCOC3)ncnc21. The van der Waals surface area contributed by atoms with Gasteiger partial charge < -0.3 is 10.1 Å². The van der Waals surface area contributed by atoms with Crippen molar-refractivity contribution >= 4 is 16.9 Å². The number of fused-ring (bicyclic) bond motifs is 1. The van der Waals surface area contributed by atoms with Crippen molar-refractivity contribution in [2.75, 3.05) is 25.1 Å². The van der Waals surface area contributed by atoms with Gasteiger partial charge in [-0.25, -0.2) is 9.97 Å². The van der Waals surface area contributed by atoms with Gasteiger partial charge in [-0.1, -0.05) is 0 Å². The summed E-state index contributed by atoms with van der Waals surface area (Å²) in [6.45, 7) is 2.60. The van der Waals surface area contributed by atoms with Crippen LogP contribution in [0.4, 0.5) is 5.82 Å². The first kappa shape index (κ1) is 10.5. The standard InChI is InChI=1S/C11H15N5O/c1-16-11-9(5-15-16)10(13-7-14-11)12-4-8-2-3-17-6-8/h5,7-8H,2-4,6H2,1H3,(H,12,13,14)/t8-/m0/s1. The highest BCUT2D eigenvalue weighted by molar-refractivity contribution is 5.85. The Morgan fingerprint density at radius 3 is 3.29 bits per heavy atom. The minimum absolute atomic E-state index is 0.580. The number of nitrogens with zero attached hydrogens (tertiary/aromatic N) is 4. The van der Waals surface area contributed by atoms with Crippen molar-refractivity contribution in [2.45, 2.75) is 6.42 Å². The fourth-order valence-corrected chi connectivity index (χ4v) is 2.09. The van der Waals surface area contributed by atoms with Gasteiger partial charge in [-0.05, 0) is 6.42 Å². The van der Waals surface area contributed by atoms with Crippen molar-refractivity contribution in [3.63, 3.8) is 0 Å². The van der Waals surface area contributed by atoms with Crippen molar-refractivity contribution < 1.29 is 4.74 Å². The highest BCUT2D eigenvalue weighted by Crippen LogP contribution is 2.19. The Labute approximate surface area is 99.0 Å². The molecule has 6 heteroatoms. The number of hydrogen-bond donors (Lipinski definition) is 1. The van der Waals surface area contributed by atoms with Crippen LogP contribution in [0.2, 0.25) is 0 Å². The summed E-state index contributed by atoms with van der Waals surface area (Å²) in [5, 5.41) is 8.51. The van der Waals surface area contributed by atoms with E-state index in [1.807, 2.05) is 7.05 Å². The largest absolute Gasteiger partial charge is 0.381 e. The zero-order valence-electron chi connectivity index (χ0n) is 9.76. The molecule has 0 unspecified atom stereocenters. The van der Waals surface area contributed by atoms with Crippen LogP contribution in [0.3, 0.4) is 0 Å². The van der Waals surface area contributed by atoms with Crippen molar-refractivity contribution in [1.82, 2.24) is 19.7 Å². The first-order valence-corrected chi connectivity index (χ1v) is 5.79. The quantitative estimate of drug-likeness (QED) is 0.850. The Balaban J connectivity index is 1.79. The second-order valence-corrected chi connectivity index (χ2v) is 4.34. The van der Waals surface area contributed by atoms with E-state index in [-0.39, 0.29) is 0 Å². The number of hydrogen-bond acceptors (Lipinski definition) is 5. The molecule has 90 valence electrons. The Hall–Kier alpha value is -1.69. The van der Waals surface area contributed by atoms with E-state index in [0.717, 1.165) is 43.0 Å². The van der Waals surface area contributed by atoms with Crippen LogP contribution in [0.5, 0.6) is 0 Å². The van der Waals surface area contributed by atoms with E-state index in [1.54, 1.807) is 17.2 Å². The summed E-state index contributed by atoms with van der Waals surface area (Å²) in [6, 6.07) is 0. The van der Waals surface area contributed by atoms with Crippen molar-refractivity contribution in [3.8, 4) is 0 Å². The molecule has 1 aliphatic heterocycles. The number of rotatable bonds is 3. The third-order valence-corrected chi connectivity index (χ3v) is 3.11. The van der Waals surface area contributed by atoms with Gasteiger partial charge in [0.25, 0.3) is 0 Å². The van der Waals surface area contributed by atoms with E-state index in [9.17, 15) is 0 Å². The number of ether oxygens (including phenoxy) is 1. The van der Waals surface area contributed by atoms with E-state index >= 15 is 0 Å². The Kier molecular flexibility index (Phi) is 2.64. The lowest BCUT2D eigenvalue weighted by Crippen LogP contribution is -2.15. The van der Waals surface area contributed by atoms with Crippen LogP contribution < -0.4 is 5.32 Å². The molecule has 0 saturated carbocycles. The average Bonchev–Trinajstić information content (AvgIpc) is 2.97. The third kappa shape index (κ3) is 1.95.